The van der Waals surface area contributed by atoms with Crippen LogP contribution in [0.25, 0.3) is 0 Å². The molecular formula is C12H14Cl2N4. The van der Waals surface area contributed by atoms with Gasteiger partial charge in [0.2, 0.25) is 0 Å². The first kappa shape index (κ1) is 13.2. The van der Waals surface area contributed by atoms with Crippen molar-refractivity contribution in [2.24, 2.45) is 0 Å². The lowest BCUT2D eigenvalue weighted by Gasteiger charge is -2.12. The van der Waals surface area contributed by atoms with Gasteiger partial charge in [-0.25, -0.2) is 4.98 Å². The van der Waals surface area contributed by atoms with Crippen molar-refractivity contribution < 1.29 is 0 Å². The Morgan fingerprint density at radius 3 is 2.83 bits per heavy atom. The summed E-state index contributed by atoms with van der Waals surface area (Å²) in [6.45, 7) is 5.49. The lowest BCUT2D eigenvalue weighted by atomic mass is 10.2. The SMILES string of the molecule is CCn1nccc1CNc1c(C)cc(Cl)nc1Cl. The highest BCUT2D eigenvalue weighted by Gasteiger charge is 2.08. The Morgan fingerprint density at radius 1 is 1.39 bits per heavy atom. The number of hydrogen-bond acceptors (Lipinski definition) is 3. The summed E-state index contributed by atoms with van der Waals surface area (Å²) in [5.41, 5.74) is 2.88. The van der Waals surface area contributed by atoms with E-state index in [1.54, 1.807) is 12.3 Å². The number of rotatable bonds is 4. The zero-order chi connectivity index (χ0) is 13.1. The molecule has 0 fully saturated rings. The minimum Gasteiger partial charge on any atom is -0.377 e. The molecule has 0 saturated heterocycles. The molecule has 0 saturated carbocycles. The van der Waals surface area contributed by atoms with Gasteiger partial charge in [0.05, 0.1) is 17.9 Å². The van der Waals surface area contributed by atoms with Crippen LogP contribution in [0.5, 0.6) is 0 Å². The molecule has 0 aliphatic carbocycles. The number of aryl methyl sites for hydroxylation is 2. The molecule has 4 nitrogen and oxygen atoms in total. The number of hydrogen-bond donors (Lipinski definition) is 1. The molecule has 0 unspecified atom stereocenters. The Balaban J connectivity index is 2.16. The monoisotopic (exact) mass is 284 g/mol. The Labute approximate surface area is 116 Å². The van der Waals surface area contributed by atoms with E-state index in [2.05, 4.69) is 22.3 Å². The van der Waals surface area contributed by atoms with Crippen LogP contribution < -0.4 is 5.32 Å². The number of anilines is 1. The summed E-state index contributed by atoms with van der Waals surface area (Å²) in [6.07, 6.45) is 1.79. The van der Waals surface area contributed by atoms with E-state index in [1.165, 1.54) is 0 Å². The Morgan fingerprint density at radius 2 is 2.17 bits per heavy atom. The summed E-state index contributed by atoms with van der Waals surface area (Å²) in [7, 11) is 0. The van der Waals surface area contributed by atoms with Crippen LogP contribution in [-0.2, 0) is 13.1 Å². The van der Waals surface area contributed by atoms with Gasteiger partial charge in [-0.3, -0.25) is 4.68 Å². The maximum atomic E-state index is 6.07. The van der Waals surface area contributed by atoms with Gasteiger partial charge in [0.15, 0.2) is 5.15 Å². The predicted molar refractivity (Wildman–Crippen MR) is 74.2 cm³/mol. The van der Waals surface area contributed by atoms with E-state index in [9.17, 15) is 0 Å². The first-order chi connectivity index (χ1) is 8.61. The topological polar surface area (TPSA) is 42.7 Å². The molecular weight excluding hydrogens is 271 g/mol. The van der Waals surface area contributed by atoms with Gasteiger partial charge in [-0.1, -0.05) is 23.2 Å². The van der Waals surface area contributed by atoms with E-state index in [-0.39, 0.29) is 0 Å². The summed E-state index contributed by atoms with van der Waals surface area (Å²) in [6, 6.07) is 3.76. The van der Waals surface area contributed by atoms with Gasteiger partial charge in [-0.05, 0) is 31.5 Å². The molecule has 2 heterocycles. The minimum atomic E-state index is 0.391. The number of halogens is 2. The highest BCUT2D eigenvalue weighted by molar-refractivity contribution is 6.34. The molecule has 0 radical (unpaired) electrons. The second kappa shape index (κ2) is 5.59. The second-order valence-corrected chi connectivity index (χ2v) is 4.66. The molecule has 1 N–H and O–H groups in total. The highest BCUT2D eigenvalue weighted by Crippen LogP contribution is 2.26. The van der Waals surface area contributed by atoms with Gasteiger partial charge >= 0.3 is 0 Å². The van der Waals surface area contributed by atoms with Gasteiger partial charge in [0.1, 0.15) is 5.15 Å². The summed E-state index contributed by atoms with van der Waals surface area (Å²) >= 11 is 11.9. The van der Waals surface area contributed by atoms with Crippen LogP contribution in [-0.4, -0.2) is 14.8 Å². The minimum absolute atomic E-state index is 0.391. The maximum Gasteiger partial charge on any atom is 0.154 e. The molecule has 6 heteroatoms. The first-order valence-electron chi connectivity index (χ1n) is 5.69. The summed E-state index contributed by atoms with van der Waals surface area (Å²) < 4.78 is 1.93. The van der Waals surface area contributed by atoms with Crippen molar-refractivity contribution in [3.63, 3.8) is 0 Å². The molecule has 0 aromatic carbocycles. The quantitative estimate of drug-likeness (QED) is 0.874. The largest absolute Gasteiger partial charge is 0.377 e. The zero-order valence-corrected chi connectivity index (χ0v) is 11.8. The third-order valence-electron chi connectivity index (χ3n) is 2.69. The molecule has 0 aliphatic heterocycles. The number of nitrogens with one attached hydrogen (secondary N) is 1. The molecule has 0 spiro atoms. The van der Waals surface area contributed by atoms with E-state index in [1.807, 2.05) is 17.7 Å². The molecule has 0 bridgehead atoms. The van der Waals surface area contributed by atoms with Crippen molar-refractivity contribution in [1.29, 1.82) is 0 Å². The molecule has 0 atom stereocenters. The van der Waals surface area contributed by atoms with Gasteiger partial charge < -0.3 is 5.32 Å². The van der Waals surface area contributed by atoms with Crippen LogP contribution in [0.2, 0.25) is 10.3 Å². The maximum absolute atomic E-state index is 6.07. The molecule has 2 aromatic rings. The molecule has 2 aromatic heterocycles. The lowest BCUT2D eigenvalue weighted by Crippen LogP contribution is -2.09. The Hall–Kier alpha value is -1.26. The van der Waals surface area contributed by atoms with Gasteiger partial charge in [0, 0.05) is 12.7 Å². The lowest BCUT2D eigenvalue weighted by molar-refractivity contribution is 0.627. The van der Waals surface area contributed by atoms with Crippen molar-refractivity contribution >= 4 is 28.9 Å². The van der Waals surface area contributed by atoms with Crippen molar-refractivity contribution in [2.45, 2.75) is 26.9 Å². The number of pyridine rings is 1. The fourth-order valence-electron chi connectivity index (χ4n) is 1.78. The van der Waals surface area contributed by atoms with Crippen LogP contribution in [0.1, 0.15) is 18.2 Å². The van der Waals surface area contributed by atoms with Crippen LogP contribution in [0.4, 0.5) is 5.69 Å². The Kier molecular flexibility index (Phi) is 4.09. The molecule has 0 amide bonds. The molecule has 18 heavy (non-hydrogen) atoms. The molecule has 2 rings (SSSR count). The summed E-state index contributed by atoms with van der Waals surface area (Å²) in [4.78, 5) is 4.02. The van der Waals surface area contributed by atoms with Gasteiger partial charge in [-0.2, -0.15) is 5.10 Å². The predicted octanol–water partition coefficient (Wildman–Crippen LogP) is 3.53. The average Bonchev–Trinajstić information content (AvgIpc) is 2.75. The third-order valence-corrected chi connectivity index (χ3v) is 3.16. The molecule has 0 aliphatic rings. The van der Waals surface area contributed by atoms with Crippen molar-refractivity contribution in [2.75, 3.05) is 5.32 Å². The standard InChI is InChI=1S/C12H14Cl2N4/c1-3-18-9(4-5-16-18)7-15-11-8(2)6-10(13)17-12(11)14/h4-6,15H,3,7H2,1-2H3. The van der Waals surface area contributed by atoms with Gasteiger partial charge in [-0.15, -0.1) is 0 Å². The highest BCUT2D eigenvalue weighted by atomic mass is 35.5. The van der Waals surface area contributed by atoms with Crippen LogP contribution in [0.15, 0.2) is 18.3 Å². The van der Waals surface area contributed by atoms with E-state index in [4.69, 9.17) is 23.2 Å². The van der Waals surface area contributed by atoms with Crippen molar-refractivity contribution in [3.8, 4) is 0 Å². The number of aromatic nitrogens is 3. The third kappa shape index (κ3) is 2.76. The van der Waals surface area contributed by atoms with Gasteiger partial charge in [0.25, 0.3) is 0 Å². The Bertz CT molecular complexity index is 528. The van der Waals surface area contributed by atoms with E-state index in [0.717, 1.165) is 23.5 Å². The van der Waals surface area contributed by atoms with E-state index in [0.29, 0.717) is 16.9 Å². The number of nitrogens with zero attached hydrogens (tertiary/aromatic N) is 3. The summed E-state index contributed by atoms with van der Waals surface area (Å²) in [5, 5.41) is 8.28. The van der Waals surface area contributed by atoms with Crippen LogP contribution in [0.3, 0.4) is 0 Å². The second-order valence-electron chi connectivity index (χ2n) is 3.92. The van der Waals surface area contributed by atoms with Crippen molar-refractivity contribution in [1.82, 2.24) is 14.8 Å². The van der Waals surface area contributed by atoms with Crippen molar-refractivity contribution in [3.05, 3.63) is 39.9 Å². The molecule has 96 valence electrons. The van der Waals surface area contributed by atoms with Crippen LogP contribution in [0, 0.1) is 6.92 Å². The summed E-state index contributed by atoms with van der Waals surface area (Å²) in [5.74, 6) is 0. The fraction of sp³-hybridized carbons (Fsp3) is 0.333. The van der Waals surface area contributed by atoms with E-state index < -0.39 is 0 Å². The smallest absolute Gasteiger partial charge is 0.154 e. The zero-order valence-electron chi connectivity index (χ0n) is 10.2. The normalized spacial score (nSPS) is 10.7. The van der Waals surface area contributed by atoms with E-state index >= 15 is 0 Å². The average molecular weight is 285 g/mol. The fourth-order valence-corrected chi connectivity index (χ4v) is 2.38. The first-order valence-corrected chi connectivity index (χ1v) is 6.44. The van der Waals surface area contributed by atoms with Crippen LogP contribution >= 0.6 is 23.2 Å².